The van der Waals surface area contributed by atoms with Crippen LogP contribution in [-0.2, 0) is 12.8 Å². The summed E-state index contributed by atoms with van der Waals surface area (Å²) in [5.41, 5.74) is 5.70. The molecule has 0 aliphatic rings. The Morgan fingerprint density at radius 3 is 2.74 bits per heavy atom. The van der Waals surface area contributed by atoms with E-state index in [0.717, 1.165) is 19.3 Å². The van der Waals surface area contributed by atoms with Crippen molar-refractivity contribution in [2.45, 2.75) is 38.6 Å². The summed E-state index contributed by atoms with van der Waals surface area (Å²) in [5.74, 6) is 5.68. The molecule has 1 unspecified atom stereocenters. The molecule has 0 saturated heterocycles. The van der Waals surface area contributed by atoms with Crippen LogP contribution in [0.2, 0.25) is 0 Å². The standard InChI is InChI=1S/C16H22N2S/c1-13-6-2-3-7-14(13)12-15(18-17)8-4-9-16-10-5-11-19-16/h2-3,5-7,10-11,15,18H,4,8-9,12,17H2,1H3. The van der Waals surface area contributed by atoms with E-state index < -0.39 is 0 Å². The summed E-state index contributed by atoms with van der Waals surface area (Å²) in [6.45, 7) is 2.16. The first-order chi connectivity index (χ1) is 9.29. The zero-order valence-electron chi connectivity index (χ0n) is 11.4. The summed E-state index contributed by atoms with van der Waals surface area (Å²) < 4.78 is 0. The van der Waals surface area contributed by atoms with E-state index in [9.17, 15) is 0 Å². The summed E-state index contributed by atoms with van der Waals surface area (Å²) >= 11 is 1.84. The highest BCUT2D eigenvalue weighted by Gasteiger charge is 2.09. The average molecular weight is 274 g/mol. The Hall–Kier alpha value is -1.16. The van der Waals surface area contributed by atoms with Crippen LogP contribution in [0, 0.1) is 6.92 Å². The maximum absolute atomic E-state index is 5.68. The SMILES string of the molecule is Cc1ccccc1CC(CCCc1cccs1)NN. The molecule has 0 aliphatic heterocycles. The van der Waals surface area contributed by atoms with Gasteiger partial charge in [-0.25, -0.2) is 0 Å². The fourth-order valence-electron chi connectivity index (χ4n) is 2.33. The highest BCUT2D eigenvalue weighted by atomic mass is 32.1. The van der Waals surface area contributed by atoms with Gasteiger partial charge in [0, 0.05) is 10.9 Å². The molecule has 0 amide bonds. The van der Waals surface area contributed by atoms with E-state index in [1.54, 1.807) is 0 Å². The minimum absolute atomic E-state index is 0.362. The molecule has 3 heteroatoms. The van der Waals surface area contributed by atoms with Crippen molar-refractivity contribution >= 4 is 11.3 Å². The van der Waals surface area contributed by atoms with Crippen molar-refractivity contribution in [1.82, 2.24) is 5.43 Å². The van der Waals surface area contributed by atoms with Crippen LogP contribution in [-0.4, -0.2) is 6.04 Å². The molecule has 1 aromatic heterocycles. The summed E-state index contributed by atoms with van der Waals surface area (Å²) in [5, 5.41) is 2.14. The van der Waals surface area contributed by atoms with E-state index in [1.807, 2.05) is 11.3 Å². The second-order valence-electron chi connectivity index (χ2n) is 4.97. The summed E-state index contributed by atoms with van der Waals surface area (Å²) in [6.07, 6.45) is 4.46. The first kappa shape index (κ1) is 14.3. The van der Waals surface area contributed by atoms with Gasteiger partial charge in [-0.3, -0.25) is 11.3 Å². The van der Waals surface area contributed by atoms with Crippen LogP contribution in [0.3, 0.4) is 0 Å². The molecule has 19 heavy (non-hydrogen) atoms. The molecule has 2 nitrogen and oxygen atoms in total. The van der Waals surface area contributed by atoms with Crippen LogP contribution in [0.5, 0.6) is 0 Å². The number of nitrogens with two attached hydrogens (primary N) is 1. The van der Waals surface area contributed by atoms with E-state index in [0.29, 0.717) is 6.04 Å². The smallest absolute Gasteiger partial charge is 0.0251 e. The van der Waals surface area contributed by atoms with E-state index >= 15 is 0 Å². The number of nitrogens with one attached hydrogen (secondary N) is 1. The van der Waals surface area contributed by atoms with Gasteiger partial charge in [0.2, 0.25) is 0 Å². The van der Waals surface area contributed by atoms with Crippen molar-refractivity contribution in [3.8, 4) is 0 Å². The van der Waals surface area contributed by atoms with E-state index in [-0.39, 0.29) is 0 Å². The Balaban J connectivity index is 1.82. The van der Waals surface area contributed by atoms with Crippen LogP contribution in [0.4, 0.5) is 0 Å². The van der Waals surface area contributed by atoms with Gasteiger partial charge in [0.25, 0.3) is 0 Å². The molecule has 3 N–H and O–H groups in total. The molecule has 0 fully saturated rings. The average Bonchev–Trinajstić information content (AvgIpc) is 2.93. The Labute approximate surface area is 119 Å². The number of hydrazine groups is 1. The van der Waals surface area contributed by atoms with Crippen molar-refractivity contribution < 1.29 is 0 Å². The Bertz CT molecular complexity index is 479. The third-order valence-corrected chi connectivity index (χ3v) is 4.46. The predicted octanol–water partition coefficient (Wildman–Crippen LogP) is 3.45. The first-order valence-corrected chi connectivity index (χ1v) is 7.70. The zero-order valence-corrected chi connectivity index (χ0v) is 12.2. The molecule has 102 valence electrons. The second-order valence-corrected chi connectivity index (χ2v) is 6.00. The summed E-state index contributed by atoms with van der Waals surface area (Å²) in [4.78, 5) is 1.46. The molecule has 0 bridgehead atoms. The monoisotopic (exact) mass is 274 g/mol. The lowest BCUT2D eigenvalue weighted by molar-refractivity contribution is 0.476. The number of aryl methyl sites for hydroxylation is 2. The minimum Gasteiger partial charge on any atom is -0.271 e. The van der Waals surface area contributed by atoms with Gasteiger partial charge in [-0.15, -0.1) is 11.3 Å². The molecular weight excluding hydrogens is 252 g/mol. The fraction of sp³-hybridized carbons (Fsp3) is 0.375. The lowest BCUT2D eigenvalue weighted by Crippen LogP contribution is -2.37. The predicted molar refractivity (Wildman–Crippen MR) is 83.3 cm³/mol. The maximum Gasteiger partial charge on any atom is 0.0251 e. The molecule has 0 radical (unpaired) electrons. The summed E-state index contributed by atoms with van der Waals surface area (Å²) in [7, 11) is 0. The van der Waals surface area contributed by atoms with Crippen molar-refractivity contribution in [3.05, 3.63) is 57.8 Å². The number of hydrogen-bond acceptors (Lipinski definition) is 3. The highest BCUT2D eigenvalue weighted by Crippen LogP contribution is 2.15. The van der Waals surface area contributed by atoms with Crippen LogP contribution >= 0.6 is 11.3 Å². The van der Waals surface area contributed by atoms with Crippen molar-refractivity contribution in [3.63, 3.8) is 0 Å². The van der Waals surface area contributed by atoms with Gasteiger partial charge < -0.3 is 0 Å². The molecular formula is C16H22N2S. The second kappa shape index (κ2) is 7.43. The lowest BCUT2D eigenvalue weighted by atomic mass is 9.98. The quantitative estimate of drug-likeness (QED) is 0.599. The largest absolute Gasteiger partial charge is 0.271 e. The highest BCUT2D eigenvalue weighted by molar-refractivity contribution is 7.09. The summed E-state index contributed by atoms with van der Waals surface area (Å²) in [6, 6.07) is 13.2. The molecule has 0 saturated carbocycles. The van der Waals surface area contributed by atoms with Crippen molar-refractivity contribution in [1.29, 1.82) is 0 Å². The van der Waals surface area contributed by atoms with Crippen molar-refractivity contribution in [2.24, 2.45) is 5.84 Å². The molecule has 1 heterocycles. The van der Waals surface area contributed by atoms with Gasteiger partial charge in [-0.05, 0) is 55.2 Å². The van der Waals surface area contributed by atoms with Gasteiger partial charge in [0.1, 0.15) is 0 Å². The van der Waals surface area contributed by atoms with E-state index in [2.05, 4.69) is 54.1 Å². The van der Waals surface area contributed by atoms with E-state index in [1.165, 1.54) is 22.4 Å². The van der Waals surface area contributed by atoms with Crippen LogP contribution < -0.4 is 11.3 Å². The lowest BCUT2D eigenvalue weighted by Gasteiger charge is -2.17. The minimum atomic E-state index is 0.362. The Morgan fingerprint density at radius 2 is 2.05 bits per heavy atom. The van der Waals surface area contributed by atoms with Crippen LogP contribution in [0.25, 0.3) is 0 Å². The van der Waals surface area contributed by atoms with Crippen LogP contribution in [0.1, 0.15) is 28.8 Å². The Kier molecular flexibility index (Phi) is 5.58. The maximum atomic E-state index is 5.68. The molecule has 2 rings (SSSR count). The zero-order chi connectivity index (χ0) is 13.5. The molecule has 2 aromatic rings. The van der Waals surface area contributed by atoms with Gasteiger partial charge in [-0.1, -0.05) is 30.3 Å². The first-order valence-electron chi connectivity index (χ1n) is 6.82. The third-order valence-electron chi connectivity index (χ3n) is 3.52. The molecule has 1 atom stereocenters. The topological polar surface area (TPSA) is 38.0 Å². The van der Waals surface area contributed by atoms with Crippen molar-refractivity contribution in [2.75, 3.05) is 0 Å². The number of hydrogen-bond donors (Lipinski definition) is 2. The van der Waals surface area contributed by atoms with Crippen LogP contribution in [0.15, 0.2) is 41.8 Å². The molecule has 0 spiro atoms. The van der Waals surface area contributed by atoms with Gasteiger partial charge >= 0.3 is 0 Å². The van der Waals surface area contributed by atoms with E-state index in [4.69, 9.17) is 5.84 Å². The number of benzene rings is 1. The van der Waals surface area contributed by atoms with Gasteiger partial charge in [0.05, 0.1) is 0 Å². The normalized spacial score (nSPS) is 12.5. The number of rotatable bonds is 7. The Morgan fingerprint density at radius 1 is 1.21 bits per heavy atom. The third kappa shape index (κ3) is 4.46. The number of thiophene rings is 1. The molecule has 1 aromatic carbocycles. The van der Waals surface area contributed by atoms with Gasteiger partial charge in [0.15, 0.2) is 0 Å². The fourth-order valence-corrected chi connectivity index (χ4v) is 3.08. The molecule has 0 aliphatic carbocycles. The van der Waals surface area contributed by atoms with Gasteiger partial charge in [-0.2, -0.15) is 0 Å².